The second kappa shape index (κ2) is 7.03. The predicted octanol–water partition coefficient (Wildman–Crippen LogP) is 4.57. The van der Waals surface area contributed by atoms with Gasteiger partial charge >= 0.3 is 6.18 Å². The van der Waals surface area contributed by atoms with Crippen LogP contribution in [0.5, 0.6) is 0 Å². The van der Waals surface area contributed by atoms with E-state index < -0.39 is 11.7 Å². The molecule has 0 heterocycles. The topological polar surface area (TPSA) is 35.8 Å². The molecule has 2 nitrogen and oxygen atoms in total. The molecular formula is C14H17F3N2. The van der Waals surface area contributed by atoms with Gasteiger partial charge in [-0.25, -0.2) is 0 Å². The van der Waals surface area contributed by atoms with Gasteiger partial charge in [0.25, 0.3) is 0 Å². The zero-order valence-corrected chi connectivity index (χ0v) is 10.8. The van der Waals surface area contributed by atoms with Crippen LogP contribution in [0.3, 0.4) is 0 Å². The lowest BCUT2D eigenvalue weighted by molar-refractivity contribution is -0.137. The Bertz CT molecular complexity index is 447. The van der Waals surface area contributed by atoms with Crippen LogP contribution < -0.4 is 5.32 Å². The maximum absolute atomic E-state index is 12.8. The fourth-order valence-electron chi connectivity index (χ4n) is 1.78. The molecule has 0 fully saturated rings. The van der Waals surface area contributed by atoms with E-state index >= 15 is 0 Å². The number of hydrogen-bond acceptors (Lipinski definition) is 2. The van der Waals surface area contributed by atoms with Crippen LogP contribution in [0, 0.1) is 11.3 Å². The molecule has 0 unspecified atom stereocenters. The second-order valence-corrected chi connectivity index (χ2v) is 4.36. The summed E-state index contributed by atoms with van der Waals surface area (Å²) in [6, 6.07) is 5.32. The van der Waals surface area contributed by atoms with E-state index in [1.54, 1.807) is 6.07 Å². The fourth-order valence-corrected chi connectivity index (χ4v) is 1.78. The molecule has 0 aliphatic carbocycles. The van der Waals surface area contributed by atoms with Gasteiger partial charge in [0.1, 0.15) is 0 Å². The van der Waals surface area contributed by atoms with Crippen LogP contribution in [0.4, 0.5) is 18.9 Å². The zero-order chi connectivity index (χ0) is 14.3. The summed E-state index contributed by atoms with van der Waals surface area (Å²) in [7, 11) is 0. The summed E-state index contributed by atoms with van der Waals surface area (Å²) in [4.78, 5) is 0. The Kier molecular flexibility index (Phi) is 5.68. The molecule has 0 amide bonds. The van der Waals surface area contributed by atoms with E-state index in [9.17, 15) is 13.2 Å². The number of anilines is 1. The highest BCUT2D eigenvalue weighted by Crippen LogP contribution is 2.35. The van der Waals surface area contributed by atoms with E-state index in [0.29, 0.717) is 6.54 Å². The van der Waals surface area contributed by atoms with Crippen molar-refractivity contribution in [1.29, 1.82) is 5.26 Å². The third kappa shape index (κ3) is 4.82. The Labute approximate surface area is 111 Å². The summed E-state index contributed by atoms with van der Waals surface area (Å²) in [5.74, 6) is 0. The molecule has 0 saturated heterocycles. The standard InChI is InChI=1S/C14H17F3N2/c1-2-3-4-5-8-19-13-7-6-11(10-18)9-12(13)14(15,16)17/h6-7,9,19H,2-5,8H2,1H3. The number of nitrogens with zero attached hydrogens (tertiary/aromatic N) is 1. The van der Waals surface area contributed by atoms with Crippen molar-refractivity contribution in [2.45, 2.75) is 38.8 Å². The van der Waals surface area contributed by atoms with Gasteiger partial charge in [-0.15, -0.1) is 0 Å². The molecule has 1 aromatic rings. The van der Waals surface area contributed by atoms with Crippen LogP contribution in [-0.4, -0.2) is 6.54 Å². The highest BCUT2D eigenvalue weighted by Gasteiger charge is 2.33. The summed E-state index contributed by atoms with van der Waals surface area (Å²) in [6.45, 7) is 2.59. The summed E-state index contributed by atoms with van der Waals surface area (Å²) < 4.78 is 38.5. The molecule has 0 saturated carbocycles. The van der Waals surface area contributed by atoms with Crippen molar-refractivity contribution in [2.75, 3.05) is 11.9 Å². The molecule has 1 N–H and O–H groups in total. The lowest BCUT2D eigenvalue weighted by Crippen LogP contribution is -2.12. The molecule has 0 spiro atoms. The van der Waals surface area contributed by atoms with Gasteiger partial charge in [-0.05, 0) is 24.6 Å². The minimum atomic E-state index is -4.45. The van der Waals surface area contributed by atoms with Crippen LogP contribution >= 0.6 is 0 Å². The normalized spacial score (nSPS) is 11.1. The Morgan fingerprint density at radius 3 is 2.53 bits per heavy atom. The SMILES string of the molecule is CCCCCCNc1ccc(C#N)cc1C(F)(F)F. The largest absolute Gasteiger partial charge is 0.418 e. The highest BCUT2D eigenvalue weighted by molar-refractivity contribution is 5.56. The van der Waals surface area contributed by atoms with Crippen LogP contribution in [0.15, 0.2) is 18.2 Å². The lowest BCUT2D eigenvalue weighted by atomic mass is 10.1. The molecule has 1 aromatic carbocycles. The maximum atomic E-state index is 12.8. The summed E-state index contributed by atoms with van der Waals surface area (Å²) in [6.07, 6.45) is -0.434. The minimum Gasteiger partial charge on any atom is -0.385 e. The van der Waals surface area contributed by atoms with Gasteiger partial charge in [-0.3, -0.25) is 0 Å². The molecule has 0 aromatic heterocycles. The lowest BCUT2D eigenvalue weighted by Gasteiger charge is -2.14. The molecule has 5 heteroatoms. The molecular weight excluding hydrogens is 253 g/mol. The molecule has 19 heavy (non-hydrogen) atoms. The summed E-state index contributed by atoms with van der Waals surface area (Å²) in [5, 5.41) is 11.5. The molecule has 0 atom stereocenters. The number of nitriles is 1. The quantitative estimate of drug-likeness (QED) is 0.768. The van der Waals surface area contributed by atoms with E-state index in [1.165, 1.54) is 12.1 Å². The van der Waals surface area contributed by atoms with E-state index in [0.717, 1.165) is 31.7 Å². The first-order chi connectivity index (χ1) is 8.99. The molecule has 0 bridgehead atoms. The van der Waals surface area contributed by atoms with Crippen molar-refractivity contribution < 1.29 is 13.2 Å². The summed E-state index contributed by atoms with van der Waals surface area (Å²) >= 11 is 0. The predicted molar refractivity (Wildman–Crippen MR) is 68.8 cm³/mol. The van der Waals surface area contributed by atoms with Crippen molar-refractivity contribution in [1.82, 2.24) is 0 Å². The Morgan fingerprint density at radius 1 is 1.21 bits per heavy atom. The van der Waals surface area contributed by atoms with Crippen molar-refractivity contribution in [3.05, 3.63) is 29.3 Å². The Balaban J connectivity index is 2.74. The highest BCUT2D eigenvalue weighted by atomic mass is 19.4. The third-order valence-electron chi connectivity index (χ3n) is 2.80. The molecule has 1 rings (SSSR count). The van der Waals surface area contributed by atoms with Gasteiger partial charge in [0.2, 0.25) is 0 Å². The van der Waals surface area contributed by atoms with Crippen molar-refractivity contribution >= 4 is 5.69 Å². The third-order valence-corrected chi connectivity index (χ3v) is 2.80. The number of alkyl halides is 3. The van der Waals surface area contributed by atoms with Crippen LogP contribution in [0.25, 0.3) is 0 Å². The van der Waals surface area contributed by atoms with Crippen molar-refractivity contribution in [3.63, 3.8) is 0 Å². The van der Waals surface area contributed by atoms with Gasteiger partial charge in [0, 0.05) is 12.2 Å². The summed E-state index contributed by atoms with van der Waals surface area (Å²) in [5.41, 5.74) is -0.714. The maximum Gasteiger partial charge on any atom is 0.418 e. The average Bonchev–Trinajstić information content (AvgIpc) is 2.37. The number of rotatable bonds is 6. The minimum absolute atomic E-state index is 0.0175. The zero-order valence-electron chi connectivity index (χ0n) is 10.8. The van der Waals surface area contributed by atoms with Crippen molar-refractivity contribution in [2.24, 2.45) is 0 Å². The smallest absolute Gasteiger partial charge is 0.385 e. The first-order valence-corrected chi connectivity index (χ1v) is 6.34. The van der Waals surface area contributed by atoms with Crippen LogP contribution in [0.1, 0.15) is 43.7 Å². The van der Waals surface area contributed by atoms with Crippen LogP contribution in [-0.2, 0) is 6.18 Å². The monoisotopic (exact) mass is 270 g/mol. The number of halogens is 3. The number of unbranched alkanes of at least 4 members (excludes halogenated alkanes) is 3. The number of benzene rings is 1. The molecule has 0 radical (unpaired) electrons. The fraction of sp³-hybridized carbons (Fsp3) is 0.500. The first-order valence-electron chi connectivity index (χ1n) is 6.34. The van der Waals surface area contributed by atoms with Crippen molar-refractivity contribution in [3.8, 4) is 6.07 Å². The van der Waals surface area contributed by atoms with E-state index in [4.69, 9.17) is 5.26 Å². The van der Waals surface area contributed by atoms with E-state index in [-0.39, 0.29) is 11.3 Å². The van der Waals surface area contributed by atoms with Gasteiger partial charge in [0.15, 0.2) is 0 Å². The second-order valence-electron chi connectivity index (χ2n) is 4.36. The van der Waals surface area contributed by atoms with Gasteiger partial charge in [-0.1, -0.05) is 26.2 Å². The molecule has 0 aliphatic heterocycles. The van der Waals surface area contributed by atoms with Gasteiger partial charge < -0.3 is 5.32 Å². The molecule has 0 aliphatic rings. The molecule has 104 valence electrons. The van der Waals surface area contributed by atoms with E-state index in [2.05, 4.69) is 12.2 Å². The first kappa shape index (κ1) is 15.4. The number of nitrogens with one attached hydrogen (secondary N) is 1. The Morgan fingerprint density at radius 2 is 1.95 bits per heavy atom. The Hall–Kier alpha value is -1.70. The van der Waals surface area contributed by atoms with E-state index in [1.807, 2.05) is 0 Å². The van der Waals surface area contributed by atoms with Crippen LogP contribution in [0.2, 0.25) is 0 Å². The number of hydrogen-bond donors (Lipinski definition) is 1. The average molecular weight is 270 g/mol. The van der Waals surface area contributed by atoms with Gasteiger partial charge in [-0.2, -0.15) is 18.4 Å². The van der Waals surface area contributed by atoms with Gasteiger partial charge in [0.05, 0.1) is 17.2 Å².